The van der Waals surface area contributed by atoms with E-state index in [1.54, 1.807) is 12.4 Å². The van der Waals surface area contributed by atoms with Crippen LogP contribution in [0.2, 0.25) is 0 Å². The number of amides is 1. The van der Waals surface area contributed by atoms with Gasteiger partial charge < -0.3 is 11.1 Å². The quantitative estimate of drug-likeness (QED) is 0.880. The molecule has 1 atom stereocenters. The van der Waals surface area contributed by atoms with Crippen molar-refractivity contribution in [3.8, 4) is 5.69 Å². The second-order valence-corrected chi connectivity index (χ2v) is 4.43. The summed E-state index contributed by atoms with van der Waals surface area (Å²) >= 11 is 0. The smallest absolute Gasteiger partial charge is 0.224 e. The molecule has 2 rings (SSSR count). The zero-order chi connectivity index (χ0) is 13.7. The minimum atomic E-state index is -0.0257. The molecule has 2 aromatic rings. The van der Waals surface area contributed by atoms with Gasteiger partial charge in [-0.25, -0.2) is 0 Å². The van der Waals surface area contributed by atoms with Crippen LogP contribution in [0.4, 0.5) is 5.69 Å². The van der Waals surface area contributed by atoms with Crippen LogP contribution in [0.25, 0.3) is 5.69 Å². The van der Waals surface area contributed by atoms with Gasteiger partial charge in [0, 0.05) is 18.2 Å². The molecule has 0 bridgehead atoms. The number of anilines is 1. The van der Waals surface area contributed by atoms with Gasteiger partial charge in [0.05, 0.1) is 18.1 Å². The molecule has 0 spiro atoms. The van der Waals surface area contributed by atoms with Crippen LogP contribution in [0.5, 0.6) is 0 Å². The Hall–Kier alpha value is -1.92. The van der Waals surface area contributed by atoms with E-state index in [9.17, 15) is 4.79 Å². The van der Waals surface area contributed by atoms with Crippen molar-refractivity contribution < 1.29 is 4.79 Å². The van der Waals surface area contributed by atoms with Crippen molar-refractivity contribution >= 4 is 24.0 Å². The molecule has 0 aliphatic rings. The Kier molecular flexibility index (Phi) is 6.14. The SMILES string of the molecule is CC(N)CCC(=O)Nc1ccc(-n2nccn2)cc1.Cl. The predicted octanol–water partition coefficient (Wildman–Crippen LogP) is 1.75. The number of nitrogens with one attached hydrogen (secondary N) is 1. The molecule has 108 valence electrons. The van der Waals surface area contributed by atoms with E-state index in [1.165, 1.54) is 4.80 Å². The highest BCUT2D eigenvalue weighted by Gasteiger charge is 2.04. The van der Waals surface area contributed by atoms with Gasteiger partial charge in [-0.15, -0.1) is 12.4 Å². The summed E-state index contributed by atoms with van der Waals surface area (Å²) in [4.78, 5) is 13.1. The number of benzene rings is 1. The molecule has 20 heavy (non-hydrogen) atoms. The zero-order valence-corrected chi connectivity index (χ0v) is 12.0. The Morgan fingerprint density at radius 1 is 1.30 bits per heavy atom. The molecule has 6 nitrogen and oxygen atoms in total. The van der Waals surface area contributed by atoms with Crippen molar-refractivity contribution in [2.45, 2.75) is 25.8 Å². The lowest BCUT2D eigenvalue weighted by molar-refractivity contribution is -0.116. The van der Waals surface area contributed by atoms with Crippen LogP contribution in [0.3, 0.4) is 0 Å². The number of hydrogen-bond acceptors (Lipinski definition) is 4. The van der Waals surface area contributed by atoms with E-state index in [-0.39, 0.29) is 24.4 Å². The monoisotopic (exact) mass is 295 g/mol. The average molecular weight is 296 g/mol. The number of carbonyl (C=O) groups excluding carboxylic acids is 1. The Morgan fingerprint density at radius 3 is 2.45 bits per heavy atom. The highest BCUT2D eigenvalue weighted by Crippen LogP contribution is 2.12. The fourth-order valence-electron chi connectivity index (χ4n) is 1.61. The third-order valence-corrected chi connectivity index (χ3v) is 2.63. The number of carbonyl (C=O) groups is 1. The summed E-state index contributed by atoms with van der Waals surface area (Å²) in [5.41, 5.74) is 7.21. The van der Waals surface area contributed by atoms with Crippen molar-refractivity contribution in [2.24, 2.45) is 5.73 Å². The molecule has 7 heteroatoms. The van der Waals surface area contributed by atoms with E-state index in [1.807, 2.05) is 31.2 Å². The van der Waals surface area contributed by atoms with Crippen molar-refractivity contribution in [2.75, 3.05) is 5.32 Å². The summed E-state index contributed by atoms with van der Waals surface area (Å²) in [7, 11) is 0. The zero-order valence-electron chi connectivity index (χ0n) is 11.2. The van der Waals surface area contributed by atoms with Gasteiger partial charge in [-0.05, 0) is 37.6 Å². The molecule has 1 unspecified atom stereocenters. The summed E-state index contributed by atoms with van der Waals surface area (Å²) < 4.78 is 0. The van der Waals surface area contributed by atoms with Crippen molar-refractivity contribution in [3.05, 3.63) is 36.7 Å². The first-order valence-electron chi connectivity index (χ1n) is 6.17. The highest BCUT2D eigenvalue weighted by atomic mass is 35.5. The molecule has 1 aromatic heterocycles. The third-order valence-electron chi connectivity index (χ3n) is 2.63. The first kappa shape index (κ1) is 16.1. The van der Waals surface area contributed by atoms with E-state index in [4.69, 9.17) is 5.73 Å². The van der Waals surface area contributed by atoms with Crippen LogP contribution < -0.4 is 11.1 Å². The van der Waals surface area contributed by atoms with Gasteiger partial charge in [0.2, 0.25) is 5.91 Å². The van der Waals surface area contributed by atoms with Crippen LogP contribution >= 0.6 is 12.4 Å². The van der Waals surface area contributed by atoms with Crippen LogP contribution in [-0.2, 0) is 4.79 Å². The van der Waals surface area contributed by atoms with Crippen LogP contribution in [0, 0.1) is 0 Å². The van der Waals surface area contributed by atoms with Gasteiger partial charge in [0.15, 0.2) is 0 Å². The molecular formula is C13H18ClN5O. The number of nitrogens with two attached hydrogens (primary N) is 1. The second-order valence-electron chi connectivity index (χ2n) is 4.43. The maximum Gasteiger partial charge on any atom is 0.224 e. The fraction of sp³-hybridized carbons (Fsp3) is 0.308. The van der Waals surface area contributed by atoms with Crippen LogP contribution in [-0.4, -0.2) is 26.9 Å². The summed E-state index contributed by atoms with van der Waals surface area (Å²) in [5, 5.41) is 10.9. The van der Waals surface area contributed by atoms with Gasteiger partial charge >= 0.3 is 0 Å². The predicted molar refractivity (Wildman–Crippen MR) is 80.1 cm³/mol. The van der Waals surface area contributed by atoms with Crippen molar-refractivity contribution in [1.29, 1.82) is 0 Å². The lowest BCUT2D eigenvalue weighted by Crippen LogP contribution is -2.19. The minimum Gasteiger partial charge on any atom is -0.328 e. The molecular weight excluding hydrogens is 278 g/mol. The van der Waals surface area contributed by atoms with E-state index in [0.29, 0.717) is 12.8 Å². The Labute approximate surface area is 123 Å². The fourth-order valence-corrected chi connectivity index (χ4v) is 1.61. The van der Waals surface area contributed by atoms with Gasteiger partial charge in [0.25, 0.3) is 0 Å². The number of halogens is 1. The minimum absolute atomic E-state index is 0. The largest absolute Gasteiger partial charge is 0.328 e. The molecule has 0 fully saturated rings. The molecule has 0 saturated heterocycles. The summed E-state index contributed by atoms with van der Waals surface area (Å²) in [6, 6.07) is 7.38. The average Bonchev–Trinajstić information content (AvgIpc) is 2.91. The molecule has 0 aliphatic heterocycles. The molecule has 3 N–H and O–H groups in total. The number of rotatable bonds is 5. The van der Waals surface area contributed by atoms with Crippen molar-refractivity contribution in [1.82, 2.24) is 15.0 Å². The topological polar surface area (TPSA) is 85.8 Å². The normalized spacial score (nSPS) is 11.5. The Balaban J connectivity index is 0.00000200. The summed E-state index contributed by atoms with van der Waals surface area (Å²) in [6.07, 6.45) is 4.34. The second kappa shape index (κ2) is 7.62. The number of aromatic nitrogens is 3. The van der Waals surface area contributed by atoms with Crippen LogP contribution in [0.1, 0.15) is 19.8 Å². The van der Waals surface area contributed by atoms with E-state index in [0.717, 1.165) is 11.4 Å². The Morgan fingerprint density at radius 2 is 1.90 bits per heavy atom. The molecule has 1 aromatic carbocycles. The Bertz CT molecular complexity index is 524. The van der Waals surface area contributed by atoms with Gasteiger partial charge in [-0.2, -0.15) is 15.0 Å². The number of nitrogens with zero attached hydrogens (tertiary/aromatic N) is 3. The summed E-state index contributed by atoms with van der Waals surface area (Å²) in [6.45, 7) is 1.89. The van der Waals surface area contributed by atoms with E-state index >= 15 is 0 Å². The van der Waals surface area contributed by atoms with Gasteiger partial charge in [-0.3, -0.25) is 4.79 Å². The van der Waals surface area contributed by atoms with E-state index < -0.39 is 0 Å². The molecule has 0 aliphatic carbocycles. The van der Waals surface area contributed by atoms with Gasteiger partial charge in [0.1, 0.15) is 0 Å². The standard InChI is InChI=1S/C13H17N5O.ClH/c1-10(14)2-7-13(19)17-11-3-5-12(6-4-11)18-15-8-9-16-18;/h3-6,8-10H,2,7,14H2,1H3,(H,17,19);1H. The first-order chi connectivity index (χ1) is 9.15. The molecule has 1 heterocycles. The lowest BCUT2D eigenvalue weighted by atomic mass is 10.2. The third kappa shape index (κ3) is 4.64. The highest BCUT2D eigenvalue weighted by molar-refractivity contribution is 5.90. The van der Waals surface area contributed by atoms with E-state index in [2.05, 4.69) is 15.5 Å². The summed E-state index contributed by atoms with van der Waals surface area (Å²) in [5.74, 6) is -0.0257. The molecule has 0 saturated carbocycles. The van der Waals surface area contributed by atoms with Crippen LogP contribution in [0.15, 0.2) is 36.7 Å². The first-order valence-corrected chi connectivity index (χ1v) is 6.17. The lowest BCUT2D eigenvalue weighted by Gasteiger charge is -2.07. The van der Waals surface area contributed by atoms with Gasteiger partial charge in [-0.1, -0.05) is 0 Å². The maximum absolute atomic E-state index is 11.6. The molecule has 0 radical (unpaired) electrons. The molecule has 1 amide bonds. The maximum atomic E-state index is 11.6. The van der Waals surface area contributed by atoms with Crippen molar-refractivity contribution in [3.63, 3.8) is 0 Å². The number of hydrogen-bond donors (Lipinski definition) is 2.